The molecule has 2 aromatic heterocycles. The maximum Gasteiger partial charge on any atom is 0.343 e. The van der Waals surface area contributed by atoms with Crippen LogP contribution in [0.3, 0.4) is 0 Å². The maximum absolute atomic E-state index is 12.2. The fourth-order valence-electron chi connectivity index (χ4n) is 2.10. The average Bonchev–Trinajstić information content (AvgIpc) is 2.83. The van der Waals surface area contributed by atoms with E-state index in [4.69, 9.17) is 5.11 Å². The Morgan fingerprint density at radius 2 is 2.10 bits per heavy atom. The Kier molecular flexibility index (Phi) is 2.64. The number of benzene rings is 1. The summed E-state index contributed by atoms with van der Waals surface area (Å²) >= 11 is 0. The molecule has 0 amide bonds. The molecule has 0 radical (unpaired) electrons. The number of carboxylic acids is 1. The van der Waals surface area contributed by atoms with Gasteiger partial charge in [-0.2, -0.15) is 4.52 Å². The normalized spacial score (nSPS) is 10.8. The topological polar surface area (TPSA) is 76.6 Å². The molecule has 3 rings (SSSR count). The largest absolute Gasteiger partial charge is 0.477 e. The van der Waals surface area contributed by atoms with Crippen LogP contribution in [0.15, 0.2) is 47.5 Å². The molecule has 3 aromatic rings. The second-order valence-electron chi connectivity index (χ2n) is 4.45. The van der Waals surface area contributed by atoms with Crippen molar-refractivity contribution in [1.82, 2.24) is 14.2 Å². The first-order valence-corrected chi connectivity index (χ1v) is 5.97. The molecule has 20 heavy (non-hydrogen) atoms. The zero-order chi connectivity index (χ0) is 14.3. The molecule has 0 unspecified atom stereocenters. The van der Waals surface area contributed by atoms with Gasteiger partial charge in [-0.3, -0.25) is 9.48 Å². The lowest BCUT2D eigenvalue weighted by atomic mass is 10.2. The van der Waals surface area contributed by atoms with Crippen LogP contribution in [0.1, 0.15) is 15.9 Å². The number of nitrogens with zero attached hydrogens (tertiary/aromatic N) is 3. The highest BCUT2D eigenvalue weighted by molar-refractivity contribution is 5.86. The third-order valence-corrected chi connectivity index (χ3v) is 3.04. The molecule has 0 saturated heterocycles. The zero-order valence-corrected chi connectivity index (χ0v) is 10.6. The van der Waals surface area contributed by atoms with Crippen molar-refractivity contribution < 1.29 is 9.90 Å². The second-order valence-corrected chi connectivity index (χ2v) is 4.45. The molecule has 1 N–H and O–H groups in total. The lowest BCUT2D eigenvalue weighted by Crippen LogP contribution is -2.26. The molecule has 6 heteroatoms. The Morgan fingerprint density at radius 1 is 1.30 bits per heavy atom. The van der Waals surface area contributed by atoms with Crippen LogP contribution in [0.2, 0.25) is 0 Å². The minimum Gasteiger partial charge on any atom is -0.477 e. The van der Waals surface area contributed by atoms with Crippen molar-refractivity contribution in [2.45, 2.75) is 6.92 Å². The van der Waals surface area contributed by atoms with Gasteiger partial charge in [0.2, 0.25) is 0 Å². The van der Waals surface area contributed by atoms with Gasteiger partial charge in [0.15, 0.2) is 5.65 Å². The smallest absolute Gasteiger partial charge is 0.343 e. The van der Waals surface area contributed by atoms with Crippen molar-refractivity contribution >= 4 is 11.6 Å². The molecule has 100 valence electrons. The second kappa shape index (κ2) is 4.34. The van der Waals surface area contributed by atoms with Crippen LogP contribution in [-0.4, -0.2) is 25.3 Å². The number of rotatable bonds is 2. The molecule has 0 fully saturated rings. The van der Waals surface area contributed by atoms with Crippen molar-refractivity contribution in [3.8, 4) is 5.69 Å². The standard InChI is InChI=1S/C14H11N3O3/c1-9-3-2-4-10(7-9)16-6-5-12-15-8-11(14(19)20)13(18)17(12)16/h2-8H,1H3,(H,19,20). The third kappa shape index (κ3) is 1.78. The molecule has 1 aromatic carbocycles. The summed E-state index contributed by atoms with van der Waals surface area (Å²) in [6.07, 6.45) is 2.77. The molecule has 2 heterocycles. The number of aromatic nitrogens is 3. The van der Waals surface area contributed by atoms with Gasteiger partial charge in [-0.25, -0.2) is 9.78 Å². The first-order chi connectivity index (χ1) is 9.58. The van der Waals surface area contributed by atoms with E-state index in [-0.39, 0.29) is 5.56 Å². The van der Waals surface area contributed by atoms with Crippen LogP contribution in [0.5, 0.6) is 0 Å². The van der Waals surface area contributed by atoms with Gasteiger partial charge in [0, 0.05) is 18.5 Å². The summed E-state index contributed by atoms with van der Waals surface area (Å²) in [6, 6.07) is 9.22. The van der Waals surface area contributed by atoms with Crippen molar-refractivity contribution in [2.75, 3.05) is 0 Å². The van der Waals surface area contributed by atoms with E-state index in [1.807, 2.05) is 31.2 Å². The van der Waals surface area contributed by atoms with Crippen molar-refractivity contribution in [3.63, 3.8) is 0 Å². The molecule has 0 aliphatic rings. The molecule has 0 aliphatic carbocycles. The highest BCUT2D eigenvalue weighted by atomic mass is 16.4. The number of hydrogen-bond acceptors (Lipinski definition) is 3. The fraction of sp³-hybridized carbons (Fsp3) is 0.0714. The van der Waals surface area contributed by atoms with E-state index in [1.165, 1.54) is 4.52 Å². The summed E-state index contributed by atoms with van der Waals surface area (Å²) in [4.78, 5) is 27.3. The Hall–Kier alpha value is -2.89. The van der Waals surface area contributed by atoms with Crippen LogP contribution in [0.4, 0.5) is 0 Å². The van der Waals surface area contributed by atoms with Crippen LogP contribution >= 0.6 is 0 Å². The SMILES string of the molecule is Cc1cccc(-n2ccc3ncc(C(=O)O)c(=O)n32)c1. The Morgan fingerprint density at radius 3 is 2.80 bits per heavy atom. The number of hydrogen-bond donors (Lipinski definition) is 1. The summed E-state index contributed by atoms with van der Waals surface area (Å²) in [5.74, 6) is -1.28. The summed E-state index contributed by atoms with van der Waals surface area (Å²) < 4.78 is 2.84. The van der Waals surface area contributed by atoms with Gasteiger partial charge in [-0.15, -0.1) is 0 Å². The van der Waals surface area contributed by atoms with Crippen LogP contribution in [0.25, 0.3) is 11.3 Å². The Balaban J connectivity index is 2.35. The van der Waals surface area contributed by atoms with Crippen molar-refractivity contribution in [3.05, 3.63) is 64.2 Å². The first-order valence-electron chi connectivity index (χ1n) is 5.97. The van der Waals surface area contributed by atoms with Gasteiger partial charge in [0.25, 0.3) is 5.56 Å². The summed E-state index contributed by atoms with van der Waals surface area (Å²) in [6.45, 7) is 1.94. The van der Waals surface area contributed by atoms with E-state index in [2.05, 4.69) is 4.98 Å². The van der Waals surface area contributed by atoms with Gasteiger partial charge >= 0.3 is 5.97 Å². The average molecular weight is 269 g/mol. The highest BCUT2D eigenvalue weighted by Gasteiger charge is 2.14. The van der Waals surface area contributed by atoms with E-state index >= 15 is 0 Å². The minimum atomic E-state index is -1.28. The van der Waals surface area contributed by atoms with E-state index in [9.17, 15) is 9.59 Å². The lowest BCUT2D eigenvalue weighted by molar-refractivity contribution is 0.0694. The molecule has 0 bridgehead atoms. The third-order valence-electron chi connectivity index (χ3n) is 3.04. The predicted molar refractivity (Wildman–Crippen MR) is 72.5 cm³/mol. The summed E-state index contributed by atoms with van der Waals surface area (Å²) in [5.41, 5.74) is 1.26. The van der Waals surface area contributed by atoms with Gasteiger partial charge in [0.05, 0.1) is 5.69 Å². The van der Waals surface area contributed by atoms with Crippen LogP contribution in [-0.2, 0) is 0 Å². The van der Waals surface area contributed by atoms with Gasteiger partial charge in [-0.05, 0) is 24.6 Å². The summed E-state index contributed by atoms with van der Waals surface area (Å²) in [5, 5.41) is 9.01. The molecule has 0 spiro atoms. The van der Waals surface area contributed by atoms with Crippen LogP contribution < -0.4 is 5.56 Å². The Bertz CT molecular complexity index is 877. The van der Waals surface area contributed by atoms with Gasteiger partial charge in [-0.1, -0.05) is 12.1 Å². The molecule has 6 nitrogen and oxygen atoms in total. The van der Waals surface area contributed by atoms with Gasteiger partial charge in [0.1, 0.15) is 5.56 Å². The number of aryl methyl sites for hydroxylation is 1. The maximum atomic E-state index is 12.2. The quantitative estimate of drug-likeness (QED) is 0.764. The van der Waals surface area contributed by atoms with E-state index < -0.39 is 11.5 Å². The zero-order valence-electron chi connectivity index (χ0n) is 10.6. The molecule has 0 saturated carbocycles. The van der Waals surface area contributed by atoms with Crippen LogP contribution in [0, 0.1) is 6.92 Å². The minimum absolute atomic E-state index is 0.352. The first kappa shape index (κ1) is 12.2. The molecule has 0 aliphatic heterocycles. The highest BCUT2D eigenvalue weighted by Crippen LogP contribution is 2.11. The predicted octanol–water partition coefficient (Wildman–Crippen LogP) is 1.49. The lowest BCUT2D eigenvalue weighted by Gasteiger charge is -2.07. The molecule has 0 atom stereocenters. The number of fused-ring (bicyclic) bond motifs is 1. The van der Waals surface area contributed by atoms with E-state index in [1.54, 1.807) is 16.9 Å². The number of aromatic carboxylic acids is 1. The number of carboxylic acid groups (broad SMARTS) is 1. The van der Waals surface area contributed by atoms with Crippen molar-refractivity contribution in [1.29, 1.82) is 0 Å². The molecular weight excluding hydrogens is 258 g/mol. The van der Waals surface area contributed by atoms with E-state index in [0.29, 0.717) is 5.65 Å². The fourth-order valence-corrected chi connectivity index (χ4v) is 2.10. The van der Waals surface area contributed by atoms with Crippen molar-refractivity contribution in [2.24, 2.45) is 0 Å². The summed E-state index contributed by atoms with van der Waals surface area (Å²) in [7, 11) is 0. The molecular formula is C14H11N3O3. The monoisotopic (exact) mass is 269 g/mol. The Labute approximate surface area is 113 Å². The number of carbonyl (C=O) groups is 1. The van der Waals surface area contributed by atoms with Gasteiger partial charge < -0.3 is 5.11 Å². The van der Waals surface area contributed by atoms with E-state index in [0.717, 1.165) is 17.4 Å².